The molecular formula is C18H29N. The molecule has 2 rings (SSSR count). The first-order valence-electron chi connectivity index (χ1n) is 7.85. The van der Waals surface area contributed by atoms with Gasteiger partial charge in [0.05, 0.1) is 0 Å². The summed E-state index contributed by atoms with van der Waals surface area (Å²) in [5, 5.41) is 3.70. The first-order valence-corrected chi connectivity index (χ1v) is 7.85. The molecule has 1 N–H and O–H groups in total. The second kappa shape index (κ2) is 6.09. The molecular weight excluding hydrogens is 230 g/mol. The summed E-state index contributed by atoms with van der Waals surface area (Å²) in [6, 6.07) is 9.83. The molecule has 1 nitrogen and oxygen atoms in total. The van der Waals surface area contributed by atoms with Crippen LogP contribution in [-0.4, -0.2) is 6.54 Å². The largest absolute Gasteiger partial charge is 0.309 e. The number of benzene rings is 1. The molecule has 0 aliphatic heterocycles. The van der Waals surface area contributed by atoms with Crippen LogP contribution in [0.1, 0.15) is 76.5 Å². The zero-order valence-electron chi connectivity index (χ0n) is 13.0. The van der Waals surface area contributed by atoms with Crippen LogP contribution in [0.15, 0.2) is 24.3 Å². The van der Waals surface area contributed by atoms with E-state index in [2.05, 4.69) is 57.3 Å². The molecule has 0 saturated heterocycles. The fourth-order valence-corrected chi connectivity index (χ4v) is 2.91. The van der Waals surface area contributed by atoms with E-state index in [0.29, 0.717) is 6.04 Å². The highest BCUT2D eigenvalue weighted by atomic mass is 14.9. The first-order chi connectivity index (χ1) is 9.02. The number of rotatable bonds is 5. The molecule has 0 radical (unpaired) electrons. The summed E-state index contributed by atoms with van der Waals surface area (Å²) in [6.45, 7) is 10.3. The van der Waals surface area contributed by atoms with E-state index in [1.165, 1.54) is 36.8 Å². The Morgan fingerprint density at radius 2 is 1.79 bits per heavy atom. The van der Waals surface area contributed by atoms with Crippen molar-refractivity contribution in [3.63, 3.8) is 0 Å². The van der Waals surface area contributed by atoms with E-state index >= 15 is 0 Å². The van der Waals surface area contributed by atoms with Crippen LogP contribution in [0.5, 0.6) is 0 Å². The Morgan fingerprint density at radius 1 is 1.16 bits per heavy atom. The normalized spacial score (nSPS) is 18.1. The van der Waals surface area contributed by atoms with Crippen LogP contribution in [0.25, 0.3) is 0 Å². The van der Waals surface area contributed by atoms with E-state index in [-0.39, 0.29) is 5.41 Å². The van der Waals surface area contributed by atoms with Gasteiger partial charge in [-0.05, 0) is 48.3 Å². The minimum absolute atomic E-state index is 0.257. The molecule has 19 heavy (non-hydrogen) atoms. The van der Waals surface area contributed by atoms with Crippen molar-refractivity contribution in [1.82, 2.24) is 5.32 Å². The topological polar surface area (TPSA) is 12.0 Å². The smallest absolute Gasteiger partial charge is 0.0369 e. The summed E-state index contributed by atoms with van der Waals surface area (Å²) < 4.78 is 0. The lowest BCUT2D eigenvalue weighted by atomic mass is 9.78. The van der Waals surface area contributed by atoms with Crippen LogP contribution >= 0.6 is 0 Å². The first kappa shape index (κ1) is 14.6. The van der Waals surface area contributed by atoms with E-state index in [0.717, 1.165) is 12.5 Å². The summed E-state index contributed by atoms with van der Waals surface area (Å²) in [7, 11) is 0. The maximum atomic E-state index is 3.70. The molecule has 1 aromatic rings. The van der Waals surface area contributed by atoms with E-state index in [9.17, 15) is 0 Å². The summed E-state index contributed by atoms with van der Waals surface area (Å²) >= 11 is 0. The van der Waals surface area contributed by atoms with Crippen molar-refractivity contribution in [2.75, 3.05) is 6.54 Å². The molecule has 1 aliphatic rings. The zero-order valence-corrected chi connectivity index (χ0v) is 13.0. The molecule has 106 valence electrons. The van der Waals surface area contributed by atoms with Gasteiger partial charge in [-0.2, -0.15) is 0 Å². The molecule has 1 unspecified atom stereocenters. The average Bonchev–Trinajstić information content (AvgIpc) is 2.27. The van der Waals surface area contributed by atoms with Gasteiger partial charge in [0.15, 0.2) is 0 Å². The van der Waals surface area contributed by atoms with Gasteiger partial charge in [-0.1, -0.05) is 58.4 Å². The molecule has 0 spiro atoms. The second-order valence-electron chi connectivity index (χ2n) is 7.05. The number of hydrogen-bond acceptors (Lipinski definition) is 1. The second-order valence-corrected chi connectivity index (χ2v) is 7.05. The predicted molar refractivity (Wildman–Crippen MR) is 83.5 cm³/mol. The van der Waals surface area contributed by atoms with Crippen molar-refractivity contribution in [3.8, 4) is 0 Å². The molecule has 1 aromatic carbocycles. The zero-order chi connectivity index (χ0) is 13.9. The van der Waals surface area contributed by atoms with Crippen molar-refractivity contribution in [3.05, 3.63) is 35.4 Å². The summed E-state index contributed by atoms with van der Waals surface area (Å²) in [4.78, 5) is 0. The van der Waals surface area contributed by atoms with Crippen LogP contribution in [0.4, 0.5) is 0 Å². The summed E-state index contributed by atoms with van der Waals surface area (Å²) in [6.07, 6.45) is 5.37. The van der Waals surface area contributed by atoms with Crippen LogP contribution in [0.2, 0.25) is 0 Å². The maximum Gasteiger partial charge on any atom is 0.0369 e. The Bertz CT molecular complexity index is 381. The molecule has 1 saturated carbocycles. The monoisotopic (exact) mass is 259 g/mol. The minimum Gasteiger partial charge on any atom is -0.309 e. The van der Waals surface area contributed by atoms with Crippen LogP contribution in [0.3, 0.4) is 0 Å². The average molecular weight is 259 g/mol. The molecule has 0 heterocycles. The highest BCUT2D eigenvalue weighted by Gasteiger charge is 2.26. The highest BCUT2D eigenvalue weighted by Crippen LogP contribution is 2.38. The van der Waals surface area contributed by atoms with Gasteiger partial charge in [-0.15, -0.1) is 0 Å². The molecule has 1 aliphatic carbocycles. The van der Waals surface area contributed by atoms with Crippen molar-refractivity contribution >= 4 is 0 Å². The van der Waals surface area contributed by atoms with Gasteiger partial charge in [0.25, 0.3) is 0 Å². The lowest BCUT2D eigenvalue weighted by Crippen LogP contribution is -2.32. The van der Waals surface area contributed by atoms with Crippen molar-refractivity contribution in [2.24, 2.45) is 5.41 Å². The third-order valence-electron chi connectivity index (χ3n) is 4.31. The Hall–Kier alpha value is -0.820. The molecule has 1 heteroatoms. The van der Waals surface area contributed by atoms with Crippen molar-refractivity contribution < 1.29 is 0 Å². The lowest BCUT2D eigenvalue weighted by Gasteiger charge is -2.33. The third-order valence-corrected chi connectivity index (χ3v) is 4.31. The van der Waals surface area contributed by atoms with Crippen molar-refractivity contribution in [2.45, 2.75) is 65.3 Å². The number of hydrogen-bond donors (Lipinski definition) is 1. The summed E-state index contributed by atoms with van der Waals surface area (Å²) in [5.41, 5.74) is 3.23. The predicted octanol–water partition coefficient (Wildman–Crippen LogP) is 5.04. The third kappa shape index (κ3) is 3.60. The maximum absolute atomic E-state index is 3.70. The van der Waals surface area contributed by atoms with Crippen LogP contribution < -0.4 is 5.32 Å². The highest BCUT2D eigenvalue weighted by molar-refractivity contribution is 5.29. The standard InChI is InChI=1S/C18H29N/c1-5-13-19-17(18(2,3)4)16-11-9-15(10-12-16)14-7-6-8-14/h9-12,14,17,19H,5-8,13H2,1-4H3. The van der Waals surface area contributed by atoms with E-state index in [4.69, 9.17) is 0 Å². The van der Waals surface area contributed by atoms with Gasteiger partial charge in [-0.25, -0.2) is 0 Å². The molecule has 1 fully saturated rings. The lowest BCUT2D eigenvalue weighted by molar-refractivity contribution is 0.273. The summed E-state index contributed by atoms with van der Waals surface area (Å²) in [5.74, 6) is 0.839. The van der Waals surface area contributed by atoms with Crippen LogP contribution in [-0.2, 0) is 0 Å². The fourth-order valence-electron chi connectivity index (χ4n) is 2.91. The van der Waals surface area contributed by atoms with Gasteiger partial charge in [0, 0.05) is 6.04 Å². The molecule has 0 bridgehead atoms. The van der Waals surface area contributed by atoms with Gasteiger partial charge in [0.2, 0.25) is 0 Å². The van der Waals surface area contributed by atoms with Gasteiger partial charge < -0.3 is 5.32 Å². The number of nitrogens with one attached hydrogen (secondary N) is 1. The quantitative estimate of drug-likeness (QED) is 0.781. The molecule has 0 aromatic heterocycles. The van der Waals surface area contributed by atoms with Gasteiger partial charge >= 0.3 is 0 Å². The minimum atomic E-state index is 0.257. The Labute approximate surface area is 118 Å². The SMILES string of the molecule is CCCNC(c1ccc(C2CCC2)cc1)C(C)(C)C. The van der Waals surface area contributed by atoms with Gasteiger partial charge in [-0.3, -0.25) is 0 Å². The Morgan fingerprint density at radius 3 is 2.21 bits per heavy atom. The Kier molecular flexibility index (Phi) is 4.67. The van der Waals surface area contributed by atoms with E-state index < -0.39 is 0 Å². The fraction of sp³-hybridized carbons (Fsp3) is 0.667. The van der Waals surface area contributed by atoms with E-state index in [1.54, 1.807) is 0 Å². The van der Waals surface area contributed by atoms with Gasteiger partial charge in [0.1, 0.15) is 0 Å². The molecule has 0 amide bonds. The van der Waals surface area contributed by atoms with Crippen LogP contribution in [0, 0.1) is 5.41 Å². The van der Waals surface area contributed by atoms with Crippen molar-refractivity contribution in [1.29, 1.82) is 0 Å². The molecule has 1 atom stereocenters. The van der Waals surface area contributed by atoms with E-state index in [1.807, 2.05) is 0 Å². The Balaban J connectivity index is 2.11.